The highest BCUT2D eigenvalue weighted by Crippen LogP contribution is 2.60. The van der Waals surface area contributed by atoms with Gasteiger partial charge in [-0.25, -0.2) is 13.9 Å². The zero-order valence-electron chi connectivity index (χ0n) is 40.3. The van der Waals surface area contributed by atoms with Gasteiger partial charge < -0.3 is 44.7 Å². The van der Waals surface area contributed by atoms with Crippen molar-refractivity contribution in [3.05, 3.63) is 59.2 Å². The molecular formula is C47H79N3O16P2. The van der Waals surface area contributed by atoms with E-state index < -0.39 is 83.7 Å². The Kier molecular flexibility index (Phi) is 28.5. The van der Waals surface area contributed by atoms with Crippen molar-refractivity contribution in [3.63, 3.8) is 0 Å². The number of carbonyl (C=O) groups excluding carboxylic acids is 2. The molecule has 0 saturated carbocycles. The number of nitrogen functional groups attached to an aromatic ring is 1. The molecule has 2 aliphatic heterocycles. The average Bonchev–Trinajstić information content (AvgIpc) is 3.98. The molecule has 21 heteroatoms. The number of ether oxygens (including phenoxy) is 4. The predicted molar refractivity (Wildman–Crippen MR) is 256 cm³/mol. The van der Waals surface area contributed by atoms with E-state index in [1.165, 1.54) is 57.4 Å². The summed E-state index contributed by atoms with van der Waals surface area (Å²) in [5, 5.41) is 20.9. The van der Waals surface area contributed by atoms with Crippen LogP contribution in [0.2, 0.25) is 0 Å². The molecule has 3 rings (SSSR count). The van der Waals surface area contributed by atoms with Gasteiger partial charge in [0.1, 0.15) is 30.7 Å². The third-order valence-corrected chi connectivity index (χ3v) is 14.3. The molecule has 2 aliphatic rings. The van der Waals surface area contributed by atoms with Gasteiger partial charge in [0, 0.05) is 19.0 Å². The topological polar surface area (TPSA) is 278 Å². The number of aliphatic hydroxyl groups is 2. The second kappa shape index (κ2) is 32.8. The molecule has 388 valence electrons. The smallest absolute Gasteiger partial charge is 0.462 e. The van der Waals surface area contributed by atoms with Crippen LogP contribution in [-0.2, 0) is 51.0 Å². The van der Waals surface area contributed by atoms with Crippen molar-refractivity contribution in [2.75, 3.05) is 25.6 Å². The Bertz CT molecular complexity index is 1860. The number of hydrogen-bond acceptors (Lipinski definition) is 16. The summed E-state index contributed by atoms with van der Waals surface area (Å²) in [6.45, 7) is 4.33. The molecule has 2 saturated heterocycles. The van der Waals surface area contributed by atoms with Gasteiger partial charge in [-0.2, -0.15) is 9.29 Å². The number of aliphatic hydroxyl groups excluding tert-OH is 2. The molecule has 3 heterocycles. The van der Waals surface area contributed by atoms with Crippen LogP contribution in [0.1, 0.15) is 162 Å². The van der Waals surface area contributed by atoms with Gasteiger partial charge in [-0.3, -0.25) is 23.2 Å². The number of epoxide rings is 1. The van der Waals surface area contributed by atoms with Crippen LogP contribution < -0.4 is 11.4 Å². The number of rotatable bonds is 38. The van der Waals surface area contributed by atoms with Crippen molar-refractivity contribution in [3.8, 4) is 0 Å². The Hall–Kier alpha value is -3.06. The molecule has 0 bridgehead atoms. The number of phosphoric ester groups is 2. The molecule has 5 unspecified atom stereocenters. The number of phosphoric acid groups is 2. The minimum Gasteiger partial charge on any atom is -0.462 e. The average molecular weight is 1000 g/mol. The number of unbranched alkanes of at least 4 members (excludes halogenated alkanes) is 11. The molecule has 1 aromatic rings. The lowest BCUT2D eigenvalue weighted by molar-refractivity contribution is -0.161. The fourth-order valence-corrected chi connectivity index (χ4v) is 9.43. The third kappa shape index (κ3) is 25.2. The van der Waals surface area contributed by atoms with Crippen LogP contribution in [0.15, 0.2) is 53.5 Å². The van der Waals surface area contributed by atoms with Crippen molar-refractivity contribution in [1.82, 2.24) is 9.55 Å². The molecular weight excluding hydrogens is 924 g/mol. The summed E-state index contributed by atoms with van der Waals surface area (Å²) < 4.78 is 62.4. The van der Waals surface area contributed by atoms with Crippen LogP contribution in [0.4, 0.5) is 5.82 Å². The lowest BCUT2D eigenvalue weighted by atomic mass is 9.99. The first-order chi connectivity index (χ1) is 32.5. The number of anilines is 1. The quantitative estimate of drug-likeness (QED) is 0.0137. The molecule has 2 fully saturated rings. The highest BCUT2D eigenvalue weighted by atomic mass is 31.3. The molecule has 68 heavy (non-hydrogen) atoms. The van der Waals surface area contributed by atoms with Gasteiger partial charge in [-0.15, -0.1) is 0 Å². The van der Waals surface area contributed by atoms with E-state index in [4.69, 9.17) is 33.7 Å². The number of hydrogen-bond donors (Lipinski definition) is 5. The molecule has 0 aliphatic carbocycles. The lowest BCUT2D eigenvalue weighted by Gasteiger charge is -2.21. The van der Waals surface area contributed by atoms with Gasteiger partial charge in [0.05, 0.1) is 25.4 Å². The summed E-state index contributed by atoms with van der Waals surface area (Å²) >= 11 is 0. The summed E-state index contributed by atoms with van der Waals surface area (Å²) in [6.07, 6.45) is 25.6. The number of esters is 2. The predicted octanol–water partition coefficient (Wildman–Crippen LogP) is 8.45. The first kappa shape index (κ1) is 59.2. The van der Waals surface area contributed by atoms with E-state index >= 15 is 0 Å². The van der Waals surface area contributed by atoms with E-state index in [9.17, 15) is 43.5 Å². The Balaban J connectivity index is 1.43. The van der Waals surface area contributed by atoms with E-state index in [0.717, 1.165) is 68.0 Å². The van der Waals surface area contributed by atoms with Gasteiger partial charge in [-0.1, -0.05) is 128 Å². The number of carbonyl (C=O) groups is 2. The van der Waals surface area contributed by atoms with Crippen molar-refractivity contribution in [2.24, 2.45) is 5.92 Å². The SMILES string of the molecule is CCCCC/C=C\C/C=C\CC1OC1C/C=C\CCCC(=O)O[C@H](COC(=O)CCCCCCCCCCC(C)CC)COP(=O)(O)OP(=O)(O)OC[C@H]1O[C@@H](n2ccc(N)nc2=O)[C@H](O)[C@@H]1O. The van der Waals surface area contributed by atoms with E-state index in [0.29, 0.717) is 19.3 Å². The monoisotopic (exact) mass is 1000 g/mol. The Morgan fingerprint density at radius 1 is 0.779 bits per heavy atom. The molecule has 0 amide bonds. The Labute approximate surface area is 402 Å². The van der Waals surface area contributed by atoms with E-state index in [2.05, 4.69) is 54.4 Å². The number of allylic oxidation sites excluding steroid dienone is 4. The lowest BCUT2D eigenvalue weighted by Crippen LogP contribution is -2.36. The number of nitrogens with two attached hydrogens (primary N) is 1. The second-order valence-electron chi connectivity index (χ2n) is 17.6. The Morgan fingerprint density at radius 2 is 1.40 bits per heavy atom. The zero-order chi connectivity index (χ0) is 49.8. The molecule has 6 N–H and O–H groups in total. The van der Waals surface area contributed by atoms with E-state index in [1.54, 1.807) is 0 Å². The van der Waals surface area contributed by atoms with Crippen molar-refractivity contribution < 1.29 is 71.0 Å². The summed E-state index contributed by atoms with van der Waals surface area (Å²) in [5.74, 6) is -0.607. The summed E-state index contributed by atoms with van der Waals surface area (Å²) in [6, 6.07) is 1.24. The van der Waals surface area contributed by atoms with Gasteiger partial charge in [0.15, 0.2) is 12.3 Å². The largest absolute Gasteiger partial charge is 0.481 e. The second-order valence-corrected chi connectivity index (χ2v) is 20.6. The van der Waals surface area contributed by atoms with Crippen LogP contribution in [-0.4, -0.2) is 97.9 Å². The minimum absolute atomic E-state index is 0.0336. The third-order valence-electron chi connectivity index (χ3n) is 11.7. The van der Waals surface area contributed by atoms with Crippen LogP contribution in [0.3, 0.4) is 0 Å². The Morgan fingerprint density at radius 3 is 2.09 bits per heavy atom. The fourth-order valence-electron chi connectivity index (χ4n) is 7.32. The minimum atomic E-state index is -5.44. The normalized spacial score (nSPS) is 23.2. The fraction of sp³-hybridized carbons (Fsp3) is 0.745. The maximum atomic E-state index is 12.9. The van der Waals surface area contributed by atoms with Gasteiger partial charge in [0.25, 0.3) is 0 Å². The van der Waals surface area contributed by atoms with Crippen LogP contribution in [0.25, 0.3) is 0 Å². The van der Waals surface area contributed by atoms with Gasteiger partial charge >= 0.3 is 33.3 Å². The molecule has 0 aromatic carbocycles. The van der Waals surface area contributed by atoms with Gasteiger partial charge in [0.2, 0.25) is 0 Å². The number of aromatic nitrogens is 2. The first-order valence-electron chi connectivity index (χ1n) is 24.5. The van der Waals surface area contributed by atoms with Crippen molar-refractivity contribution in [2.45, 2.75) is 198 Å². The van der Waals surface area contributed by atoms with Gasteiger partial charge in [-0.05, 0) is 63.4 Å². The summed E-state index contributed by atoms with van der Waals surface area (Å²) in [5.41, 5.74) is 4.58. The van der Waals surface area contributed by atoms with Crippen LogP contribution >= 0.6 is 15.6 Å². The maximum Gasteiger partial charge on any atom is 0.481 e. The van der Waals surface area contributed by atoms with Crippen LogP contribution in [0.5, 0.6) is 0 Å². The van der Waals surface area contributed by atoms with Crippen molar-refractivity contribution >= 4 is 33.4 Å². The first-order valence-corrected chi connectivity index (χ1v) is 27.5. The molecule has 0 spiro atoms. The molecule has 1 aromatic heterocycles. The summed E-state index contributed by atoms with van der Waals surface area (Å²) in [4.78, 5) is 61.9. The molecule has 19 nitrogen and oxygen atoms in total. The van der Waals surface area contributed by atoms with Crippen LogP contribution in [0, 0.1) is 5.92 Å². The zero-order valence-corrected chi connectivity index (χ0v) is 42.1. The highest BCUT2D eigenvalue weighted by molar-refractivity contribution is 7.61. The van der Waals surface area contributed by atoms with E-state index in [1.807, 2.05) is 12.2 Å². The molecule has 10 atom stereocenters. The van der Waals surface area contributed by atoms with Crippen molar-refractivity contribution in [1.29, 1.82) is 0 Å². The molecule has 0 radical (unpaired) electrons. The standard InChI is InChI=1S/C47H79N3O16P2/c1-4-6-7-8-9-10-14-17-22-27-38-39(64-38)28-23-19-20-25-30-43(52)63-37(33-60-42(51)29-24-18-15-12-11-13-16-21-26-36(3)5-2)34-61-67(56,57)66-68(58,59)62-35-40-44(53)45(54)46(65-40)50-32-31-41(48)49-47(50)55/h9-10,17,19,22-23,31-32,36-40,44-46,53-54H,4-8,11-16,18,20-21,24-30,33-35H2,1-3H3,(H,56,57)(H,58,59)(H2,48,49,55)/b10-9-,22-17-,23-19-/t36?,37-,38?,39?,40-,44-,45-,46-/m1/s1. The number of nitrogens with zero attached hydrogens (tertiary/aromatic N) is 2. The van der Waals surface area contributed by atoms with E-state index in [-0.39, 0.29) is 30.9 Å². The summed E-state index contributed by atoms with van der Waals surface area (Å²) in [7, 11) is -10.9. The maximum absolute atomic E-state index is 12.9. The highest BCUT2D eigenvalue weighted by Gasteiger charge is 2.46.